The Hall–Kier alpha value is -18.2. The Kier molecular flexibility index (Phi) is 19.8. The maximum atomic E-state index is 2.43. The van der Waals surface area contributed by atoms with Crippen LogP contribution in [0.5, 0.6) is 0 Å². The minimum Gasteiger partial charge on any atom is -0.0616 e. The van der Waals surface area contributed by atoms with E-state index in [-0.39, 0.29) is 0 Å². The highest BCUT2D eigenvalue weighted by molar-refractivity contribution is 6.38. The van der Waals surface area contributed by atoms with Gasteiger partial charge >= 0.3 is 0 Å². The average molecular weight is 1770 g/mol. The molecule has 140 heavy (non-hydrogen) atoms. The molecule has 0 saturated heterocycles. The molecule has 648 valence electrons. The first-order valence-electron chi connectivity index (χ1n) is 48.6. The molecule has 0 nitrogen and oxygen atoms in total. The third-order valence-electron chi connectivity index (χ3n) is 29.6. The van der Waals surface area contributed by atoms with E-state index >= 15 is 0 Å². The zero-order chi connectivity index (χ0) is 92.2. The molecule has 0 radical (unpaired) electrons. The molecule has 0 saturated carbocycles. The van der Waals surface area contributed by atoms with Gasteiger partial charge in [0.1, 0.15) is 0 Å². The fourth-order valence-electron chi connectivity index (χ4n) is 23.0. The molecule has 0 heterocycles. The predicted molar refractivity (Wildman–Crippen MR) is 609 cm³/mol. The Morgan fingerprint density at radius 1 is 0.0714 bits per heavy atom. The van der Waals surface area contributed by atoms with Gasteiger partial charge in [-0.05, 0) is 355 Å². The average Bonchev–Trinajstić information content (AvgIpc) is 0.448. The van der Waals surface area contributed by atoms with Crippen molar-refractivity contribution in [1.29, 1.82) is 0 Å². The van der Waals surface area contributed by atoms with E-state index in [1.165, 1.54) is 282 Å². The van der Waals surface area contributed by atoms with E-state index in [0.717, 1.165) is 0 Å². The number of rotatable bonds is 6. The molecule has 0 aliphatic rings. The van der Waals surface area contributed by atoms with Crippen molar-refractivity contribution in [2.45, 2.75) is 0 Å². The Bertz CT molecular complexity index is 10300. The Labute approximate surface area is 810 Å². The van der Waals surface area contributed by atoms with Crippen molar-refractivity contribution in [3.05, 3.63) is 534 Å². The van der Waals surface area contributed by atoms with Gasteiger partial charge in [0.2, 0.25) is 0 Å². The van der Waals surface area contributed by atoms with Crippen LogP contribution in [0.3, 0.4) is 0 Å². The molecule has 0 atom stereocenters. The second-order valence-corrected chi connectivity index (χ2v) is 37.4. The third kappa shape index (κ3) is 14.1. The van der Waals surface area contributed by atoms with Gasteiger partial charge in [-0.3, -0.25) is 0 Å². The van der Waals surface area contributed by atoms with Crippen LogP contribution in [-0.2, 0) is 0 Å². The SMILES string of the molecule is c1ccc2cc(-c3cc(-c4ccc5ccccc5c4)cc(-c4cc5c6ccccc6ccc5c5ccccc45)c3)ccc2c1.c1ccc2cc(-c3cc4c5ccccc5c5c6ccccc6ccc5c4c4ccccc34)ccc2c1.c1ccc2cc(-c3cc4c5ccccc5c5ccccc5c4c4ccccc34)ccc2c1.c1ccc2cc(-c3cc4c5ccccc5ccc4c4ccccc34)ccc2c1. The van der Waals surface area contributed by atoms with Crippen molar-refractivity contribution in [3.8, 4) is 66.8 Å². The lowest BCUT2D eigenvalue weighted by Crippen LogP contribution is -1.89. The number of hydrogen-bond acceptors (Lipinski definition) is 0. The van der Waals surface area contributed by atoms with Gasteiger partial charge in [0.25, 0.3) is 0 Å². The van der Waals surface area contributed by atoms with Crippen LogP contribution in [0.4, 0.5) is 0 Å². The molecule has 30 rings (SSSR count). The first kappa shape index (κ1) is 81.4. The van der Waals surface area contributed by atoms with E-state index < -0.39 is 0 Å². The van der Waals surface area contributed by atoms with E-state index in [0.29, 0.717) is 0 Å². The summed E-state index contributed by atoms with van der Waals surface area (Å²) in [7, 11) is 0. The van der Waals surface area contributed by atoms with E-state index in [9.17, 15) is 0 Å². The molecule has 0 aliphatic carbocycles. The largest absolute Gasteiger partial charge is 0.0616 e. The summed E-state index contributed by atoms with van der Waals surface area (Å²) in [6.07, 6.45) is 0. The molecule has 0 heteroatoms. The molecule has 30 aromatic carbocycles. The fourth-order valence-corrected chi connectivity index (χ4v) is 23.0. The maximum absolute atomic E-state index is 2.43. The summed E-state index contributed by atoms with van der Waals surface area (Å²) in [5, 5.41) is 52.0. The highest BCUT2D eigenvalue weighted by atomic mass is 14.3. The Balaban J connectivity index is 0.0000000950. The molecule has 0 amide bonds. The highest BCUT2D eigenvalue weighted by Crippen LogP contribution is 2.50. The smallest absolute Gasteiger partial charge is 0.00197 e. The molecular weight excluding hydrogens is 1680 g/mol. The van der Waals surface area contributed by atoms with Gasteiger partial charge < -0.3 is 0 Å². The topological polar surface area (TPSA) is 0 Å². The van der Waals surface area contributed by atoms with Crippen LogP contribution < -0.4 is 0 Å². The lowest BCUT2D eigenvalue weighted by Gasteiger charge is -2.17. The summed E-state index contributed by atoms with van der Waals surface area (Å²) >= 11 is 0. The van der Waals surface area contributed by atoms with E-state index in [1.54, 1.807) is 0 Å². The van der Waals surface area contributed by atoms with Crippen molar-refractivity contribution in [1.82, 2.24) is 0 Å². The Morgan fingerprint density at radius 2 is 0.257 bits per heavy atom. The minimum atomic E-state index is 1.22. The van der Waals surface area contributed by atoms with Gasteiger partial charge in [-0.25, -0.2) is 0 Å². The van der Waals surface area contributed by atoms with Gasteiger partial charge in [-0.15, -0.1) is 0 Å². The van der Waals surface area contributed by atoms with E-state index in [2.05, 4.69) is 534 Å². The molecule has 0 N–H and O–H groups in total. The number of benzene rings is 30. The molecule has 30 aromatic rings. The summed E-state index contributed by atoms with van der Waals surface area (Å²) in [5.74, 6) is 0. The van der Waals surface area contributed by atoms with Crippen LogP contribution in [0, 0.1) is 0 Å². The standard InChI is InChI=1S/C44H28.C36H22.C32H20.C28H18/c1-3-12-32-23-34(19-17-29(32)9-1)36-25-37(35-20-18-30-10-2-4-13-33(30)24-35)27-38(26-36)43-28-44-39-14-6-5-11-31(39)21-22-42(44)40-15-7-8-16-41(40)43;1-2-11-25-21-26(18-17-23(25)9-1)33-22-34-29-14-6-8-16-31(29)35-27-12-4-3-10-24(27)19-20-32(35)36(34)30-15-7-5-13-28(30)33;1-2-10-22-19-23(18-17-21(22)9-1)30-20-31-26-13-4-3-11-24(26)25-12-5-7-15-28(25)32(31)29-16-8-6-14-27(29)30;1-2-9-21-17-22(14-13-19(21)7-1)27-18-28-23-10-4-3-8-20(23)15-16-26(28)24-11-5-6-12-25(24)27/h1-28H;1-22H;1-20H;1-18H. The molecule has 0 aliphatic heterocycles. The molecule has 0 fully saturated rings. The first-order chi connectivity index (χ1) is 69.4. The van der Waals surface area contributed by atoms with Crippen molar-refractivity contribution < 1.29 is 0 Å². The predicted octanol–water partition coefficient (Wildman–Crippen LogP) is 39.8. The van der Waals surface area contributed by atoms with Gasteiger partial charge in [-0.2, -0.15) is 0 Å². The van der Waals surface area contributed by atoms with Crippen molar-refractivity contribution in [2.24, 2.45) is 0 Å². The molecule has 0 bridgehead atoms. The summed E-state index contributed by atoms with van der Waals surface area (Å²) in [6.45, 7) is 0. The maximum Gasteiger partial charge on any atom is -0.00197 e. The van der Waals surface area contributed by atoms with Gasteiger partial charge in [-0.1, -0.05) is 461 Å². The number of fused-ring (bicyclic) bond motifs is 33. The van der Waals surface area contributed by atoms with E-state index in [4.69, 9.17) is 0 Å². The molecule has 0 unspecified atom stereocenters. The lowest BCUT2D eigenvalue weighted by molar-refractivity contribution is 1.60. The highest BCUT2D eigenvalue weighted by Gasteiger charge is 2.22. The summed E-state index contributed by atoms with van der Waals surface area (Å²) in [6, 6.07) is 196. The van der Waals surface area contributed by atoms with Gasteiger partial charge in [0.05, 0.1) is 0 Å². The second-order valence-electron chi connectivity index (χ2n) is 37.4. The van der Waals surface area contributed by atoms with Gasteiger partial charge in [0.15, 0.2) is 0 Å². The zero-order valence-corrected chi connectivity index (χ0v) is 76.8. The van der Waals surface area contributed by atoms with Crippen LogP contribution in [0.2, 0.25) is 0 Å². The quantitative estimate of drug-likeness (QED) is 0.146. The van der Waals surface area contributed by atoms with E-state index in [1.807, 2.05) is 0 Å². The van der Waals surface area contributed by atoms with Crippen molar-refractivity contribution >= 4 is 215 Å². The Morgan fingerprint density at radius 3 is 0.614 bits per heavy atom. The van der Waals surface area contributed by atoms with Gasteiger partial charge in [0, 0.05) is 0 Å². The van der Waals surface area contributed by atoms with Crippen molar-refractivity contribution in [2.75, 3.05) is 0 Å². The summed E-state index contributed by atoms with van der Waals surface area (Å²) < 4.78 is 0. The third-order valence-corrected chi connectivity index (χ3v) is 29.6. The first-order valence-corrected chi connectivity index (χ1v) is 48.6. The zero-order valence-electron chi connectivity index (χ0n) is 76.8. The molecule has 0 aromatic heterocycles. The minimum absolute atomic E-state index is 1.22. The van der Waals surface area contributed by atoms with Crippen LogP contribution in [-0.4, -0.2) is 0 Å². The van der Waals surface area contributed by atoms with Crippen LogP contribution in [0.25, 0.3) is 282 Å². The number of hydrogen-bond donors (Lipinski definition) is 0. The normalized spacial score (nSPS) is 11.7. The molecule has 0 spiro atoms. The summed E-state index contributed by atoms with van der Waals surface area (Å²) in [4.78, 5) is 0. The fraction of sp³-hybridized carbons (Fsp3) is 0. The monoisotopic (exact) mass is 1770 g/mol. The van der Waals surface area contributed by atoms with Crippen LogP contribution in [0.1, 0.15) is 0 Å². The van der Waals surface area contributed by atoms with Crippen molar-refractivity contribution in [3.63, 3.8) is 0 Å². The van der Waals surface area contributed by atoms with Crippen LogP contribution >= 0.6 is 0 Å². The second kappa shape index (κ2) is 34.0. The summed E-state index contributed by atoms with van der Waals surface area (Å²) in [5.41, 5.74) is 15.0. The lowest BCUT2D eigenvalue weighted by atomic mass is 9.86. The van der Waals surface area contributed by atoms with Crippen LogP contribution in [0.15, 0.2) is 534 Å². The molecular formula is C140H88.